The van der Waals surface area contributed by atoms with Crippen LogP contribution in [0.1, 0.15) is 28.9 Å². The standard InChI is InChI=1S/C17H19FN4O3/c1-10-3-5-12(18)13(7-10)22-9-14(23)16(20-22)17(25)19-11-4-6-15(24)21(2)8-11/h3,5,7,9,11,23H,4,6,8H2,1-2H3,(H,19,25). The molecule has 1 aromatic heterocycles. The number of rotatable bonds is 3. The zero-order valence-corrected chi connectivity index (χ0v) is 14.0. The average molecular weight is 346 g/mol. The highest BCUT2D eigenvalue weighted by Gasteiger charge is 2.26. The summed E-state index contributed by atoms with van der Waals surface area (Å²) in [5.41, 5.74) is 0.796. The van der Waals surface area contributed by atoms with Gasteiger partial charge in [0.15, 0.2) is 11.4 Å². The van der Waals surface area contributed by atoms with E-state index in [1.807, 2.05) is 0 Å². The van der Waals surface area contributed by atoms with Crippen molar-refractivity contribution in [2.24, 2.45) is 0 Å². The van der Waals surface area contributed by atoms with Gasteiger partial charge in [-0.05, 0) is 31.0 Å². The third kappa shape index (κ3) is 3.47. The van der Waals surface area contributed by atoms with Gasteiger partial charge in [0, 0.05) is 26.1 Å². The molecule has 0 spiro atoms. The maximum absolute atomic E-state index is 14.0. The minimum Gasteiger partial charge on any atom is -0.504 e. The lowest BCUT2D eigenvalue weighted by Crippen LogP contribution is -2.48. The summed E-state index contributed by atoms with van der Waals surface area (Å²) in [5.74, 6) is -1.37. The van der Waals surface area contributed by atoms with Crippen molar-refractivity contribution in [2.75, 3.05) is 13.6 Å². The molecule has 0 aliphatic carbocycles. The number of hydrogen-bond donors (Lipinski definition) is 2. The number of carbonyl (C=O) groups excluding carboxylic acids is 2. The molecule has 2 heterocycles. The minimum absolute atomic E-state index is 0.0348. The molecule has 1 fully saturated rings. The third-order valence-electron chi connectivity index (χ3n) is 4.22. The van der Waals surface area contributed by atoms with Gasteiger partial charge in [0.2, 0.25) is 5.91 Å². The summed E-state index contributed by atoms with van der Waals surface area (Å²) in [6.45, 7) is 2.21. The molecule has 1 saturated heterocycles. The number of hydrogen-bond acceptors (Lipinski definition) is 4. The van der Waals surface area contributed by atoms with Gasteiger partial charge in [-0.25, -0.2) is 9.07 Å². The van der Waals surface area contributed by atoms with Gasteiger partial charge >= 0.3 is 0 Å². The predicted octanol–water partition coefficient (Wildman–Crippen LogP) is 1.38. The van der Waals surface area contributed by atoms with E-state index >= 15 is 0 Å². The van der Waals surface area contributed by atoms with E-state index in [0.717, 1.165) is 10.2 Å². The Kier molecular flexibility index (Phi) is 4.43. The van der Waals surface area contributed by atoms with E-state index < -0.39 is 11.7 Å². The van der Waals surface area contributed by atoms with Crippen LogP contribution in [0.5, 0.6) is 5.75 Å². The highest BCUT2D eigenvalue weighted by atomic mass is 19.1. The Bertz CT molecular complexity index is 833. The number of piperidine rings is 1. The number of aryl methyl sites for hydroxylation is 1. The summed E-state index contributed by atoms with van der Waals surface area (Å²) in [7, 11) is 1.67. The van der Waals surface area contributed by atoms with E-state index in [2.05, 4.69) is 10.4 Å². The Balaban J connectivity index is 1.79. The molecule has 3 rings (SSSR count). The van der Waals surface area contributed by atoms with Crippen LogP contribution < -0.4 is 5.32 Å². The second-order valence-corrected chi connectivity index (χ2v) is 6.25. The number of aromatic hydroxyl groups is 1. The van der Waals surface area contributed by atoms with Crippen LogP contribution in [0.2, 0.25) is 0 Å². The molecular weight excluding hydrogens is 327 g/mol. The van der Waals surface area contributed by atoms with Crippen LogP contribution in [0, 0.1) is 12.7 Å². The number of carbonyl (C=O) groups is 2. The quantitative estimate of drug-likeness (QED) is 0.879. The summed E-state index contributed by atoms with van der Waals surface area (Å²) in [5, 5.41) is 16.8. The molecular formula is C17H19FN4O3. The van der Waals surface area contributed by atoms with Crippen molar-refractivity contribution in [1.29, 1.82) is 0 Å². The lowest BCUT2D eigenvalue weighted by molar-refractivity contribution is -0.132. The molecule has 132 valence electrons. The molecule has 2 N–H and O–H groups in total. The van der Waals surface area contributed by atoms with E-state index in [-0.39, 0.29) is 29.1 Å². The number of likely N-dealkylation sites (tertiary alicyclic amines) is 1. The van der Waals surface area contributed by atoms with Gasteiger partial charge in [0.05, 0.1) is 6.20 Å². The van der Waals surface area contributed by atoms with E-state index in [4.69, 9.17) is 0 Å². The van der Waals surface area contributed by atoms with Crippen LogP contribution in [0.25, 0.3) is 5.69 Å². The molecule has 1 unspecified atom stereocenters. The number of nitrogens with zero attached hydrogens (tertiary/aromatic N) is 3. The van der Waals surface area contributed by atoms with Gasteiger partial charge in [0.25, 0.3) is 5.91 Å². The fourth-order valence-corrected chi connectivity index (χ4v) is 2.83. The Hall–Kier alpha value is -2.90. The second-order valence-electron chi connectivity index (χ2n) is 6.25. The number of likely N-dealkylation sites (N-methyl/N-ethyl adjacent to an activating group) is 1. The average Bonchev–Trinajstić information content (AvgIpc) is 2.95. The maximum Gasteiger partial charge on any atom is 0.275 e. The molecule has 8 heteroatoms. The SMILES string of the molecule is Cc1ccc(F)c(-n2cc(O)c(C(=O)NC3CCC(=O)N(C)C3)n2)c1. The van der Waals surface area contributed by atoms with Crippen molar-refractivity contribution in [3.63, 3.8) is 0 Å². The number of halogens is 1. The van der Waals surface area contributed by atoms with E-state index in [9.17, 15) is 19.1 Å². The molecule has 0 radical (unpaired) electrons. The number of aromatic nitrogens is 2. The van der Waals surface area contributed by atoms with Crippen molar-refractivity contribution in [3.05, 3.63) is 41.5 Å². The molecule has 2 amide bonds. The molecule has 1 aliphatic rings. The number of amides is 2. The Morgan fingerprint density at radius 3 is 2.92 bits per heavy atom. The first-order valence-corrected chi connectivity index (χ1v) is 7.95. The predicted molar refractivity (Wildman–Crippen MR) is 88.0 cm³/mol. The number of nitrogens with one attached hydrogen (secondary N) is 1. The van der Waals surface area contributed by atoms with E-state index in [1.54, 1.807) is 31.0 Å². The fourth-order valence-electron chi connectivity index (χ4n) is 2.83. The maximum atomic E-state index is 14.0. The summed E-state index contributed by atoms with van der Waals surface area (Å²) in [6.07, 6.45) is 2.09. The Morgan fingerprint density at radius 2 is 2.20 bits per heavy atom. The molecule has 2 aromatic rings. The first kappa shape index (κ1) is 16.9. The van der Waals surface area contributed by atoms with Crippen molar-refractivity contribution >= 4 is 11.8 Å². The van der Waals surface area contributed by atoms with Crippen LogP contribution in [-0.2, 0) is 4.79 Å². The van der Waals surface area contributed by atoms with Crippen LogP contribution in [0.15, 0.2) is 24.4 Å². The van der Waals surface area contributed by atoms with Crippen LogP contribution >= 0.6 is 0 Å². The zero-order valence-electron chi connectivity index (χ0n) is 14.0. The monoisotopic (exact) mass is 346 g/mol. The molecule has 1 aliphatic heterocycles. The van der Waals surface area contributed by atoms with Crippen LogP contribution in [0.4, 0.5) is 4.39 Å². The Labute approximate surface area is 144 Å². The lowest BCUT2D eigenvalue weighted by atomic mass is 10.1. The topological polar surface area (TPSA) is 87.5 Å². The molecule has 25 heavy (non-hydrogen) atoms. The first-order valence-electron chi connectivity index (χ1n) is 7.95. The van der Waals surface area contributed by atoms with Crippen LogP contribution in [0.3, 0.4) is 0 Å². The normalized spacial score (nSPS) is 17.6. The van der Waals surface area contributed by atoms with Gasteiger partial charge in [-0.3, -0.25) is 9.59 Å². The molecule has 7 nitrogen and oxygen atoms in total. The molecule has 0 bridgehead atoms. The highest BCUT2D eigenvalue weighted by molar-refractivity contribution is 5.95. The van der Waals surface area contributed by atoms with Crippen molar-refractivity contribution < 1.29 is 19.1 Å². The van der Waals surface area contributed by atoms with Crippen molar-refractivity contribution in [2.45, 2.75) is 25.8 Å². The number of benzene rings is 1. The highest BCUT2D eigenvalue weighted by Crippen LogP contribution is 2.21. The van der Waals surface area contributed by atoms with Gasteiger partial charge in [0.1, 0.15) is 11.5 Å². The van der Waals surface area contributed by atoms with E-state index in [0.29, 0.717) is 19.4 Å². The summed E-state index contributed by atoms with van der Waals surface area (Å²) in [4.78, 5) is 25.4. The lowest BCUT2D eigenvalue weighted by Gasteiger charge is -2.29. The van der Waals surface area contributed by atoms with Gasteiger partial charge in [-0.2, -0.15) is 5.10 Å². The summed E-state index contributed by atoms with van der Waals surface area (Å²) in [6, 6.07) is 4.29. The molecule has 0 saturated carbocycles. The first-order chi connectivity index (χ1) is 11.8. The van der Waals surface area contributed by atoms with Crippen molar-refractivity contribution in [3.8, 4) is 11.4 Å². The molecule has 1 aromatic carbocycles. The third-order valence-corrected chi connectivity index (χ3v) is 4.22. The van der Waals surface area contributed by atoms with Gasteiger partial charge in [-0.15, -0.1) is 0 Å². The second kappa shape index (κ2) is 6.54. The zero-order chi connectivity index (χ0) is 18.1. The Morgan fingerprint density at radius 1 is 1.44 bits per heavy atom. The van der Waals surface area contributed by atoms with Crippen LogP contribution in [-0.4, -0.2) is 51.2 Å². The summed E-state index contributed by atoms with van der Waals surface area (Å²) < 4.78 is 15.1. The summed E-state index contributed by atoms with van der Waals surface area (Å²) >= 11 is 0. The largest absolute Gasteiger partial charge is 0.504 e. The molecule has 1 atom stereocenters. The van der Waals surface area contributed by atoms with Gasteiger partial charge < -0.3 is 15.3 Å². The van der Waals surface area contributed by atoms with Gasteiger partial charge in [-0.1, -0.05) is 6.07 Å². The van der Waals surface area contributed by atoms with E-state index in [1.165, 1.54) is 12.3 Å². The minimum atomic E-state index is -0.558. The fraction of sp³-hybridized carbons (Fsp3) is 0.353. The smallest absolute Gasteiger partial charge is 0.275 e. The van der Waals surface area contributed by atoms with Crippen molar-refractivity contribution in [1.82, 2.24) is 20.0 Å².